The highest BCUT2D eigenvalue weighted by atomic mass is 19.1. The molecular formula is C16H16FN3O2. The molecule has 4 rings (SSSR count). The summed E-state index contributed by atoms with van der Waals surface area (Å²) in [5.41, 5.74) is 0.528. The van der Waals surface area contributed by atoms with E-state index in [-0.39, 0.29) is 24.2 Å². The molecule has 2 heterocycles. The van der Waals surface area contributed by atoms with Gasteiger partial charge in [0.25, 0.3) is 0 Å². The van der Waals surface area contributed by atoms with Crippen LogP contribution >= 0.6 is 0 Å². The second-order valence-electron chi connectivity index (χ2n) is 6.03. The Hall–Kier alpha value is -2.24. The lowest BCUT2D eigenvalue weighted by molar-refractivity contribution is -0.128. The Morgan fingerprint density at radius 1 is 1.27 bits per heavy atom. The molecule has 1 saturated heterocycles. The van der Waals surface area contributed by atoms with Crippen molar-refractivity contribution in [1.29, 1.82) is 0 Å². The van der Waals surface area contributed by atoms with Crippen molar-refractivity contribution in [2.24, 2.45) is 0 Å². The number of hydrogen-bond acceptors (Lipinski definition) is 4. The average Bonchev–Trinajstić information content (AvgIpc) is 3.13. The average molecular weight is 301 g/mol. The molecule has 1 atom stereocenters. The van der Waals surface area contributed by atoms with Crippen LogP contribution in [0.4, 0.5) is 4.39 Å². The molecule has 0 radical (unpaired) electrons. The molecule has 1 aliphatic heterocycles. The van der Waals surface area contributed by atoms with Gasteiger partial charge in [-0.1, -0.05) is 23.4 Å². The van der Waals surface area contributed by atoms with Gasteiger partial charge >= 0.3 is 0 Å². The van der Waals surface area contributed by atoms with Crippen molar-refractivity contribution in [2.75, 3.05) is 6.54 Å². The summed E-state index contributed by atoms with van der Waals surface area (Å²) in [6.45, 7) is 0.783. The molecule has 1 aromatic carbocycles. The Labute approximate surface area is 127 Å². The maximum atomic E-state index is 13.7. The first-order chi connectivity index (χ1) is 10.7. The fraction of sp³-hybridized carbons (Fsp3) is 0.438. The Morgan fingerprint density at radius 3 is 2.86 bits per heavy atom. The predicted molar refractivity (Wildman–Crippen MR) is 75.4 cm³/mol. The van der Waals surface area contributed by atoms with Crippen LogP contribution in [0, 0.1) is 5.82 Å². The number of carbonyl (C=O) groups is 1. The van der Waals surface area contributed by atoms with Gasteiger partial charge in [0, 0.05) is 31.0 Å². The molecule has 2 aromatic rings. The van der Waals surface area contributed by atoms with Crippen molar-refractivity contribution < 1.29 is 13.7 Å². The molecule has 0 bridgehead atoms. The van der Waals surface area contributed by atoms with Crippen molar-refractivity contribution in [3.05, 3.63) is 47.4 Å². The lowest BCUT2D eigenvalue weighted by atomic mass is 10.1. The normalized spacial score (nSPS) is 21.6. The Balaban J connectivity index is 1.47. The number of aromatic nitrogens is 2. The Bertz CT molecular complexity index is 711. The molecule has 22 heavy (non-hydrogen) atoms. The zero-order valence-electron chi connectivity index (χ0n) is 12.0. The van der Waals surface area contributed by atoms with Crippen LogP contribution in [0.5, 0.6) is 0 Å². The molecule has 0 unspecified atom stereocenters. The van der Waals surface area contributed by atoms with Crippen LogP contribution in [-0.4, -0.2) is 27.5 Å². The third-order valence-electron chi connectivity index (χ3n) is 4.28. The topological polar surface area (TPSA) is 59.2 Å². The number of benzene rings is 1. The molecule has 5 nitrogen and oxygen atoms in total. The van der Waals surface area contributed by atoms with E-state index < -0.39 is 0 Å². The van der Waals surface area contributed by atoms with E-state index in [9.17, 15) is 9.18 Å². The van der Waals surface area contributed by atoms with E-state index in [2.05, 4.69) is 10.1 Å². The van der Waals surface area contributed by atoms with Crippen molar-refractivity contribution >= 4 is 5.91 Å². The number of halogens is 1. The van der Waals surface area contributed by atoms with Gasteiger partial charge in [-0.2, -0.15) is 4.98 Å². The first-order valence-electron chi connectivity index (χ1n) is 7.55. The van der Waals surface area contributed by atoms with Gasteiger partial charge in [-0.05, 0) is 18.9 Å². The van der Waals surface area contributed by atoms with E-state index >= 15 is 0 Å². The first-order valence-corrected chi connectivity index (χ1v) is 7.55. The van der Waals surface area contributed by atoms with Crippen molar-refractivity contribution in [2.45, 2.75) is 37.6 Å². The highest BCUT2D eigenvalue weighted by Gasteiger charge is 2.36. The highest BCUT2D eigenvalue weighted by molar-refractivity contribution is 5.79. The molecule has 0 spiro atoms. The molecule has 2 fully saturated rings. The molecule has 6 heteroatoms. The summed E-state index contributed by atoms with van der Waals surface area (Å²) in [4.78, 5) is 18.2. The van der Waals surface area contributed by atoms with Gasteiger partial charge in [-0.25, -0.2) is 4.39 Å². The van der Waals surface area contributed by atoms with Crippen LogP contribution in [0.25, 0.3) is 0 Å². The molecule has 2 aliphatic rings. The number of hydrogen-bond donors (Lipinski definition) is 0. The Morgan fingerprint density at radius 2 is 2.09 bits per heavy atom. The summed E-state index contributed by atoms with van der Waals surface area (Å²) in [5.74, 6) is 1.36. The molecule has 1 aromatic heterocycles. The van der Waals surface area contributed by atoms with Crippen molar-refractivity contribution in [3.8, 4) is 0 Å². The fourth-order valence-electron chi connectivity index (χ4n) is 2.84. The molecule has 114 valence electrons. The first kappa shape index (κ1) is 13.4. The van der Waals surface area contributed by atoms with E-state index in [1.165, 1.54) is 6.07 Å². The van der Waals surface area contributed by atoms with Gasteiger partial charge in [0.05, 0.1) is 5.92 Å². The molecule has 1 saturated carbocycles. The molecule has 0 N–H and O–H groups in total. The minimum absolute atomic E-state index is 0.000532. The maximum absolute atomic E-state index is 13.7. The Kier molecular flexibility index (Phi) is 3.17. The standard InChI is InChI=1S/C16H16FN3O2/c17-13-4-2-1-3-11(13)8-20-9-12(7-14(20)21)16-18-15(19-22-16)10-5-6-10/h1-4,10,12H,5-9H2/t12-/m1/s1. The lowest BCUT2D eigenvalue weighted by Gasteiger charge is -2.16. The predicted octanol–water partition coefficient (Wildman–Crippen LogP) is 2.60. The zero-order chi connectivity index (χ0) is 15.1. The van der Waals surface area contributed by atoms with E-state index in [0.717, 1.165) is 18.7 Å². The molecule has 1 amide bonds. The highest BCUT2D eigenvalue weighted by Crippen LogP contribution is 2.39. The summed E-state index contributed by atoms with van der Waals surface area (Å²) in [6, 6.07) is 6.53. The number of amides is 1. The van der Waals surface area contributed by atoms with Crippen LogP contribution in [0.15, 0.2) is 28.8 Å². The van der Waals surface area contributed by atoms with Crippen LogP contribution in [0.1, 0.15) is 48.4 Å². The quantitative estimate of drug-likeness (QED) is 0.871. The molecular weight excluding hydrogens is 285 g/mol. The zero-order valence-corrected chi connectivity index (χ0v) is 12.0. The van der Waals surface area contributed by atoms with Crippen LogP contribution in [0.3, 0.4) is 0 Å². The van der Waals surface area contributed by atoms with Gasteiger partial charge in [0.1, 0.15) is 5.82 Å². The van der Waals surface area contributed by atoms with Crippen LogP contribution in [-0.2, 0) is 11.3 Å². The monoisotopic (exact) mass is 301 g/mol. The third-order valence-corrected chi connectivity index (χ3v) is 4.28. The van der Waals surface area contributed by atoms with E-state index in [1.54, 1.807) is 23.1 Å². The van der Waals surface area contributed by atoms with E-state index in [4.69, 9.17) is 4.52 Å². The van der Waals surface area contributed by atoms with Gasteiger partial charge in [-0.15, -0.1) is 0 Å². The second-order valence-corrected chi connectivity index (χ2v) is 6.03. The van der Waals surface area contributed by atoms with Gasteiger partial charge < -0.3 is 9.42 Å². The number of nitrogens with zero attached hydrogens (tertiary/aromatic N) is 3. The lowest BCUT2D eigenvalue weighted by Crippen LogP contribution is -2.24. The number of likely N-dealkylation sites (tertiary alicyclic amines) is 1. The van der Waals surface area contributed by atoms with Gasteiger partial charge in [0.2, 0.25) is 11.8 Å². The van der Waals surface area contributed by atoms with Gasteiger partial charge in [0.15, 0.2) is 5.82 Å². The maximum Gasteiger partial charge on any atom is 0.232 e. The summed E-state index contributed by atoms with van der Waals surface area (Å²) in [6.07, 6.45) is 2.57. The van der Waals surface area contributed by atoms with E-state index in [1.807, 2.05) is 0 Å². The smallest absolute Gasteiger partial charge is 0.232 e. The number of rotatable bonds is 4. The van der Waals surface area contributed by atoms with E-state index in [0.29, 0.717) is 30.3 Å². The van der Waals surface area contributed by atoms with Crippen molar-refractivity contribution in [3.63, 3.8) is 0 Å². The third kappa shape index (κ3) is 2.49. The van der Waals surface area contributed by atoms with Crippen molar-refractivity contribution in [1.82, 2.24) is 15.0 Å². The fourth-order valence-corrected chi connectivity index (χ4v) is 2.84. The summed E-state index contributed by atoms with van der Waals surface area (Å²) < 4.78 is 19.0. The van der Waals surface area contributed by atoms with Gasteiger partial charge in [-0.3, -0.25) is 4.79 Å². The SMILES string of the molecule is O=C1C[C@@H](c2nc(C3CC3)no2)CN1Cc1ccccc1F. The molecule has 1 aliphatic carbocycles. The second kappa shape index (κ2) is 5.19. The summed E-state index contributed by atoms with van der Waals surface area (Å²) >= 11 is 0. The van der Waals surface area contributed by atoms with Crippen LogP contribution in [0.2, 0.25) is 0 Å². The number of carbonyl (C=O) groups excluding carboxylic acids is 1. The summed E-state index contributed by atoms with van der Waals surface area (Å²) in [7, 11) is 0. The minimum atomic E-state index is -0.285. The van der Waals surface area contributed by atoms with Crippen LogP contribution < -0.4 is 0 Å². The summed E-state index contributed by atoms with van der Waals surface area (Å²) in [5, 5.41) is 4.00. The minimum Gasteiger partial charge on any atom is -0.339 e. The largest absolute Gasteiger partial charge is 0.339 e.